The minimum absolute atomic E-state index is 0.0444. The van der Waals surface area contributed by atoms with Crippen molar-refractivity contribution in [3.63, 3.8) is 0 Å². The fourth-order valence-corrected chi connectivity index (χ4v) is 6.08. The monoisotopic (exact) mass is 549 g/mol. The molecule has 0 radical (unpaired) electrons. The van der Waals surface area contributed by atoms with Crippen LogP contribution in [0.5, 0.6) is 11.5 Å². The molecule has 2 fully saturated rings. The van der Waals surface area contributed by atoms with Gasteiger partial charge in [-0.1, -0.05) is 25.1 Å². The number of hydrogen-bond acceptors (Lipinski definition) is 6. The SMILES string of the molecule is COc1cccc(CCOc2cccc3[nH]c(C(=O)N[C@H]4CC[C@](O)(CCN5CC[C@H](O)[C@@H](C)C5)CC4)cc23)c1. The lowest BCUT2D eigenvalue weighted by atomic mass is 9.80. The Kier molecular flexibility index (Phi) is 8.98. The lowest BCUT2D eigenvalue weighted by molar-refractivity contribution is -0.0272. The largest absolute Gasteiger partial charge is 0.497 e. The number of amides is 1. The zero-order valence-corrected chi connectivity index (χ0v) is 23.7. The average Bonchev–Trinajstić information content (AvgIpc) is 3.41. The Hall–Kier alpha value is -3.07. The van der Waals surface area contributed by atoms with E-state index in [-0.39, 0.29) is 24.0 Å². The van der Waals surface area contributed by atoms with Crippen LogP contribution in [0, 0.1) is 5.92 Å². The smallest absolute Gasteiger partial charge is 0.267 e. The Morgan fingerprint density at radius 2 is 1.95 bits per heavy atom. The van der Waals surface area contributed by atoms with Crippen LogP contribution in [0.4, 0.5) is 0 Å². The van der Waals surface area contributed by atoms with Gasteiger partial charge in [0.05, 0.1) is 25.4 Å². The minimum Gasteiger partial charge on any atom is -0.497 e. The van der Waals surface area contributed by atoms with Crippen molar-refractivity contribution in [2.45, 2.75) is 69.6 Å². The van der Waals surface area contributed by atoms with Gasteiger partial charge in [-0.25, -0.2) is 0 Å². The molecule has 1 saturated carbocycles. The number of ether oxygens (including phenoxy) is 2. The number of methoxy groups -OCH3 is 1. The zero-order valence-electron chi connectivity index (χ0n) is 23.7. The van der Waals surface area contributed by atoms with Crippen LogP contribution in [0.3, 0.4) is 0 Å². The van der Waals surface area contributed by atoms with E-state index in [1.54, 1.807) is 7.11 Å². The van der Waals surface area contributed by atoms with E-state index in [9.17, 15) is 15.0 Å². The van der Waals surface area contributed by atoms with Crippen LogP contribution >= 0.6 is 0 Å². The van der Waals surface area contributed by atoms with Gasteiger partial charge in [0.1, 0.15) is 17.2 Å². The molecule has 1 amide bonds. The van der Waals surface area contributed by atoms with Crippen LogP contribution in [-0.4, -0.2) is 77.1 Å². The molecule has 40 heavy (non-hydrogen) atoms. The van der Waals surface area contributed by atoms with Crippen LogP contribution in [-0.2, 0) is 6.42 Å². The quantitative estimate of drug-likeness (QED) is 0.301. The van der Waals surface area contributed by atoms with Crippen LogP contribution in [0.15, 0.2) is 48.5 Å². The van der Waals surface area contributed by atoms with E-state index in [1.165, 1.54) is 0 Å². The second-order valence-corrected chi connectivity index (χ2v) is 11.7. The number of piperidine rings is 1. The summed E-state index contributed by atoms with van der Waals surface area (Å²) >= 11 is 0. The highest BCUT2D eigenvalue weighted by Crippen LogP contribution is 2.33. The topological polar surface area (TPSA) is 107 Å². The number of nitrogens with zero attached hydrogens (tertiary/aromatic N) is 1. The summed E-state index contributed by atoms with van der Waals surface area (Å²) in [6.07, 6.45) is 4.97. The second-order valence-electron chi connectivity index (χ2n) is 11.7. The predicted octanol–water partition coefficient (Wildman–Crippen LogP) is 4.29. The third kappa shape index (κ3) is 6.97. The van der Waals surface area contributed by atoms with Gasteiger partial charge in [-0.2, -0.15) is 0 Å². The molecule has 2 aliphatic rings. The molecule has 2 atom stereocenters. The molecule has 0 spiro atoms. The molecule has 216 valence electrons. The molecule has 5 rings (SSSR count). The highest BCUT2D eigenvalue weighted by atomic mass is 16.5. The molecule has 0 unspecified atom stereocenters. The first-order chi connectivity index (χ1) is 19.3. The number of hydrogen-bond donors (Lipinski definition) is 4. The number of aromatic amines is 1. The summed E-state index contributed by atoms with van der Waals surface area (Å²) in [6, 6.07) is 15.7. The summed E-state index contributed by atoms with van der Waals surface area (Å²) in [7, 11) is 1.66. The van der Waals surface area contributed by atoms with Crippen LogP contribution in [0.25, 0.3) is 10.9 Å². The van der Waals surface area contributed by atoms with Gasteiger partial charge in [-0.3, -0.25) is 4.79 Å². The summed E-state index contributed by atoms with van der Waals surface area (Å²) in [6.45, 7) is 5.23. The maximum Gasteiger partial charge on any atom is 0.267 e. The molecule has 1 aliphatic heterocycles. The zero-order chi connectivity index (χ0) is 28.1. The van der Waals surface area contributed by atoms with E-state index in [0.717, 1.165) is 79.7 Å². The molecule has 1 aliphatic carbocycles. The fraction of sp³-hybridized carbons (Fsp3) is 0.531. The number of rotatable bonds is 10. The van der Waals surface area contributed by atoms with E-state index >= 15 is 0 Å². The molecular formula is C32H43N3O5. The normalized spacial score (nSPS) is 25.6. The van der Waals surface area contributed by atoms with Crippen molar-refractivity contribution in [2.75, 3.05) is 33.4 Å². The number of aliphatic hydroxyl groups is 2. The van der Waals surface area contributed by atoms with Crippen molar-refractivity contribution >= 4 is 16.8 Å². The Bertz CT molecular complexity index is 1280. The third-order valence-corrected chi connectivity index (χ3v) is 8.74. The number of benzene rings is 2. The maximum atomic E-state index is 13.1. The molecular weight excluding hydrogens is 506 g/mol. The molecule has 2 aromatic carbocycles. The summed E-state index contributed by atoms with van der Waals surface area (Å²) in [5.41, 5.74) is 1.84. The first-order valence-corrected chi connectivity index (χ1v) is 14.6. The Morgan fingerprint density at radius 3 is 2.73 bits per heavy atom. The minimum atomic E-state index is -0.682. The van der Waals surface area contributed by atoms with Gasteiger partial charge in [0.2, 0.25) is 0 Å². The van der Waals surface area contributed by atoms with Gasteiger partial charge in [-0.05, 0) is 80.3 Å². The van der Waals surface area contributed by atoms with Gasteiger partial charge in [0, 0.05) is 43.0 Å². The number of aromatic nitrogens is 1. The average molecular weight is 550 g/mol. The first kappa shape index (κ1) is 28.5. The van der Waals surface area contributed by atoms with Crippen molar-refractivity contribution < 1.29 is 24.5 Å². The number of carbonyl (C=O) groups is 1. The summed E-state index contributed by atoms with van der Waals surface area (Å²) in [5, 5.41) is 25.2. The molecule has 1 aromatic heterocycles. The number of aliphatic hydroxyl groups excluding tert-OH is 1. The highest BCUT2D eigenvalue weighted by Gasteiger charge is 2.35. The Balaban J connectivity index is 1.11. The standard InChI is InChI=1S/C32H43N3O5/c1-22-21-35(16-11-29(22)36)17-15-32(38)13-9-24(10-14-32)33-31(37)28-20-26-27(34-28)7-4-8-30(26)40-18-12-23-5-3-6-25(19-23)39-2/h3-8,19-20,22,24,29,34,36,38H,9-18,21H2,1-2H3,(H,33,37)/t22-,24-,29-,32+/m0/s1. The lowest BCUT2D eigenvalue weighted by Crippen LogP contribution is -2.47. The number of nitrogens with one attached hydrogen (secondary N) is 2. The van der Waals surface area contributed by atoms with E-state index in [4.69, 9.17) is 9.47 Å². The van der Waals surface area contributed by atoms with Gasteiger partial charge in [-0.15, -0.1) is 0 Å². The van der Waals surface area contributed by atoms with E-state index in [0.29, 0.717) is 25.1 Å². The summed E-state index contributed by atoms with van der Waals surface area (Å²) in [4.78, 5) is 18.7. The fourth-order valence-electron chi connectivity index (χ4n) is 6.08. The van der Waals surface area contributed by atoms with Crippen molar-refractivity contribution in [3.8, 4) is 11.5 Å². The Morgan fingerprint density at radius 1 is 1.15 bits per heavy atom. The first-order valence-electron chi connectivity index (χ1n) is 14.6. The molecule has 2 heterocycles. The van der Waals surface area contributed by atoms with E-state index < -0.39 is 5.60 Å². The molecule has 8 heteroatoms. The molecule has 0 bridgehead atoms. The van der Waals surface area contributed by atoms with Crippen molar-refractivity contribution in [3.05, 3.63) is 59.8 Å². The van der Waals surface area contributed by atoms with Crippen LogP contribution < -0.4 is 14.8 Å². The second kappa shape index (κ2) is 12.6. The van der Waals surface area contributed by atoms with Gasteiger partial charge < -0.3 is 34.9 Å². The lowest BCUT2D eigenvalue weighted by Gasteiger charge is -2.39. The molecule has 3 aromatic rings. The number of fused-ring (bicyclic) bond motifs is 1. The van der Waals surface area contributed by atoms with E-state index in [2.05, 4.69) is 28.2 Å². The van der Waals surface area contributed by atoms with Crippen molar-refractivity contribution in [1.82, 2.24) is 15.2 Å². The van der Waals surface area contributed by atoms with Crippen LogP contribution in [0.1, 0.15) is 61.5 Å². The summed E-state index contributed by atoms with van der Waals surface area (Å²) in [5.74, 6) is 1.73. The molecule has 4 N–H and O–H groups in total. The third-order valence-electron chi connectivity index (χ3n) is 8.74. The van der Waals surface area contributed by atoms with Gasteiger partial charge in [0.15, 0.2) is 0 Å². The van der Waals surface area contributed by atoms with Crippen LogP contribution in [0.2, 0.25) is 0 Å². The highest BCUT2D eigenvalue weighted by molar-refractivity contribution is 5.99. The summed E-state index contributed by atoms with van der Waals surface area (Å²) < 4.78 is 11.4. The van der Waals surface area contributed by atoms with Gasteiger partial charge >= 0.3 is 0 Å². The van der Waals surface area contributed by atoms with Crippen molar-refractivity contribution in [2.24, 2.45) is 5.92 Å². The predicted molar refractivity (Wildman–Crippen MR) is 156 cm³/mol. The van der Waals surface area contributed by atoms with E-state index in [1.807, 2.05) is 42.5 Å². The molecule has 1 saturated heterocycles. The Labute approximate surface area is 236 Å². The number of H-pyrrole nitrogens is 1. The number of carbonyl (C=O) groups excluding carboxylic acids is 1. The maximum absolute atomic E-state index is 13.1. The van der Waals surface area contributed by atoms with Crippen molar-refractivity contribution in [1.29, 1.82) is 0 Å². The molecule has 8 nitrogen and oxygen atoms in total. The number of likely N-dealkylation sites (tertiary alicyclic amines) is 1. The van der Waals surface area contributed by atoms with Gasteiger partial charge in [0.25, 0.3) is 5.91 Å².